The van der Waals surface area contributed by atoms with Gasteiger partial charge in [0.25, 0.3) is 0 Å². The van der Waals surface area contributed by atoms with Crippen molar-refractivity contribution in [1.29, 1.82) is 0 Å². The van der Waals surface area contributed by atoms with E-state index in [2.05, 4.69) is 11.8 Å². The highest BCUT2D eigenvalue weighted by atomic mass is 35.5. The fraction of sp³-hybridized carbons (Fsp3) is 0.462. The van der Waals surface area contributed by atoms with E-state index in [0.717, 1.165) is 30.2 Å². The van der Waals surface area contributed by atoms with Crippen molar-refractivity contribution in [2.75, 3.05) is 18.0 Å². The van der Waals surface area contributed by atoms with Crippen molar-refractivity contribution in [2.45, 2.75) is 26.2 Å². The minimum atomic E-state index is -0.749. The summed E-state index contributed by atoms with van der Waals surface area (Å²) < 4.78 is 0. The second kappa shape index (κ2) is 7.17. The van der Waals surface area contributed by atoms with Crippen molar-refractivity contribution in [3.05, 3.63) is 29.3 Å². The molecule has 0 heterocycles. The number of halogens is 1. The monoisotopic (exact) mass is 255 g/mol. The molecular formula is C13H18ClNO2. The molecule has 0 bridgehead atoms. The number of carbonyl (C=O) groups is 1. The molecule has 1 aromatic rings. The van der Waals surface area contributed by atoms with Gasteiger partial charge in [-0.3, -0.25) is 4.79 Å². The number of carboxylic acids is 1. The van der Waals surface area contributed by atoms with Gasteiger partial charge in [0.2, 0.25) is 0 Å². The van der Waals surface area contributed by atoms with Crippen LogP contribution in [-0.2, 0) is 4.79 Å². The maximum absolute atomic E-state index is 10.5. The van der Waals surface area contributed by atoms with Crippen molar-refractivity contribution in [3.63, 3.8) is 0 Å². The summed E-state index contributed by atoms with van der Waals surface area (Å²) in [6.07, 6.45) is 1.85. The molecule has 0 aliphatic heterocycles. The number of hydrogen-bond acceptors (Lipinski definition) is 2. The number of para-hydroxylation sites is 1. The summed E-state index contributed by atoms with van der Waals surface area (Å²) in [5, 5.41) is 9.36. The molecule has 3 nitrogen and oxygen atoms in total. The molecule has 1 rings (SSSR count). The molecule has 0 unspecified atom stereocenters. The topological polar surface area (TPSA) is 40.5 Å². The van der Waals surface area contributed by atoms with E-state index in [1.165, 1.54) is 0 Å². The highest BCUT2D eigenvalue weighted by molar-refractivity contribution is 6.33. The zero-order valence-corrected chi connectivity index (χ0v) is 10.8. The van der Waals surface area contributed by atoms with Crippen LogP contribution in [0.5, 0.6) is 0 Å². The van der Waals surface area contributed by atoms with Gasteiger partial charge in [-0.2, -0.15) is 0 Å². The molecule has 94 valence electrons. The molecule has 1 N–H and O–H groups in total. The first kappa shape index (κ1) is 13.8. The third-order valence-electron chi connectivity index (χ3n) is 2.51. The Hall–Kier alpha value is -1.22. The molecule has 0 atom stereocenters. The summed E-state index contributed by atoms with van der Waals surface area (Å²) in [7, 11) is 0. The van der Waals surface area contributed by atoms with E-state index >= 15 is 0 Å². The predicted octanol–water partition coefficient (Wildman–Crippen LogP) is 3.42. The van der Waals surface area contributed by atoms with Gasteiger partial charge >= 0.3 is 5.97 Å². The van der Waals surface area contributed by atoms with Crippen molar-refractivity contribution >= 4 is 23.3 Å². The van der Waals surface area contributed by atoms with Gasteiger partial charge < -0.3 is 10.0 Å². The molecule has 1 aromatic carbocycles. The number of rotatable bonds is 7. The number of hydrogen-bond donors (Lipinski definition) is 1. The first-order chi connectivity index (χ1) is 8.15. The smallest absolute Gasteiger partial charge is 0.303 e. The average molecular weight is 256 g/mol. The van der Waals surface area contributed by atoms with Crippen LogP contribution in [0.15, 0.2) is 24.3 Å². The summed E-state index contributed by atoms with van der Waals surface area (Å²) in [6.45, 7) is 3.72. The van der Waals surface area contributed by atoms with Crippen LogP contribution in [0.1, 0.15) is 26.2 Å². The second-order valence-corrected chi connectivity index (χ2v) is 4.34. The Labute approximate surface area is 107 Å². The molecule has 0 saturated heterocycles. The highest BCUT2D eigenvalue weighted by Crippen LogP contribution is 2.25. The Morgan fingerprint density at radius 2 is 2.06 bits per heavy atom. The van der Waals surface area contributed by atoms with Crippen molar-refractivity contribution in [1.82, 2.24) is 0 Å². The SMILES string of the molecule is CCCN(CCCC(=O)O)c1ccccc1Cl. The van der Waals surface area contributed by atoms with Gasteiger partial charge in [0.05, 0.1) is 10.7 Å². The lowest BCUT2D eigenvalue weighted by atomic mass is 10.2. The van der Waals surface area contributed by atoms with Crippen LogP contribution in [-0.4, -0.2) is 24.2 Å². The minimum absolute atomic E-state index is 0.199. The van der Waals surface area contributed by atoms with E-state index in [1.54, 1.807) is 0 Å². The van der Waals surface area contributed by atoms with Gasteiger partial charge in [-0.05, 0) is 25.0 Å². The minimum Gasteiger partial charge on any atom is -0.481 e. The van der Waals surface area contributed by atoms with E-state index in [0.29, 0.717) is 6.42 Å². The van der Waals surface area contributed by atoms with Crippen LogP contribution in [0, 0.1) is 0 Å². The van der Waals surface area contributed by atoms with Gasteiger partial charge in [-0.25, -0.2) is 0 Å². The zero-order chi connectivity index (χ0) is 12.7. The number of aliphatic carboxylic acids is 1. The molecule has 0 aliphatic rings. The molecule has 0 radical (unpaired) electrons. The normalized spacial score (nSPS) is 10.2. The van der Waals surface area contributed by atoms with E-state index in [9.17, 15) is 4.79 Å². The number of anilines is 1. The highest BCUT2D eigenvalue weighted by Gasteiger charge is 2.09. The lowest BCUT2D eigenvalue weighted by Crippen LogP contribution is -2.26. The molecule has 0 amide bonds. The molecule has 0 saturated carbocycles. The fourth-order valence-electron chi connectivity index (χ4n) is 1.75. The first-order valence-corrected chi connectivity index (χ1v) is 6.24. The average Bonchev–Trinajstić information content (AvgIpc) is 2.28. The first-order valence-electron chi connectivity index (χ1n) is 5.86. The van der Waals surface area contributed by atoms with E-state index < -0.39 is 5.97 Å². The molecule has 0 fully saturated rings. The molecule has 0 spiro atoms. The Morgan fingerprint density at radius 3 is 2.65 bits per heavy atom. The largest absolute Gasteiger partial charge is 0.481 e. The van der Waals surface area contributed by atoms with E-state index in [1.807, 2.05) is 24.3 Å². The lowest BCUT2D eigenvalue weighted by molar-refractivity contribution is -0.137. The van der Waals surface area contributed by atoms with Gasteiger partial charge in [0.15, 0.2) is 0 Å². The molecular weight excluding hydrogens is 238 g/mol. The summed E-state index contributed by atoms with van der Waals surface area (Å²) in [5.41, 5.74) is 0.987. The van der Waals surface area contributed by atoms with Crippen LogP contribution in [0.25, 0.3) is 0 Å². The summed E-state index contributed by atoms with van der Waals surface area (Å²) in [5.74, 6) is -0.749. The number of nitrogens with zero attached hydrogens (tertiary/aromatic N) is 1. The molecule has 0 aromatic heterocycles. The summed E-state index contributed by atoms with van der Waals surface area (Å²) >= 11 is 6.14. The third-order valence-corrected chi connectivity index (χ3v) is 2.82. The fourth-order valence-corrected chi connectivity index (χ4v) is 2.01. The Bertz CT molecular complexity index is 368. The summed E-state index contributed by atoms with van der Waals surface area (Å²) in [4.78, 5) is 12.6. The van der Waals surface area contributed by atoms with Gasteiger partial charge in [0.1, 0.15) is 0 Å². The lowest BCUT2D eigenvalue weighted by Gasteiger charge is -2.25. The zero-order valence-electron chi connectivity index (χ0n) is 10.0. The van der Waals surface area contributed by atoms with E-state index in [4.69, 9.17) is 16.7 Å². The third kappa shape index (κ3) is 4.65. The van der Waals surface area contributed by atoms with Crippen LogP contribution in [0.2, 0.25) is 5.02 Å². The summed E-state index contributed by atoms with van der Waals surface area (Å²) in [6, 6.07) is 7.67. The van der Waals surface area contributed by atoms with Crippen LogP contribution >= 0.6 is 11.6 Å². The second-order valence-electron chi connectivity index (χ2n) is 3.94. The van der Waals surface area contributed by atoms with Gasteiger partial charge in [0, 0.05) is 19.5 Å². The Balaban J connectivity index is 2.65. The standard InChI is InChI=1S/C13H18ClNO2/c1-2-9-15(10-5-8-13(16)17)12-7-4-3-6-11(12)14/h3-4,6-7H,2,5,8-10H2,1H3,(H,16,17). The van der Waals surface area contributed by atoms with Crippen molar-refractivity contribution in [2.24, 2.45) is 0 Å². The van der Waals surface area contributed by atoms with Crippen LogP contribution in [0.4, 0.5) is 5.69 Å². The number of benzene rings is 1. The quantitative estimate of drug-likeness (QED) is 0.812. The van der Waals surface area contributed by atoms with E-state index in [-0.39, 0.29) is 6.42 Å². The van der Waals surface area contributed by atoms with Crippen molar-refractivity contribution < 1.29 is 9.90 Å². The number of carboxylic acid groups (broad SMARTS) is 1. The van der Waals surface area contributed by atoms with Crippen LogP contribution < -0.4 is 4.90 Å². The molecule has 0 aliphatic carbocycles. The van der Waals surface area contributed by atoms with Gasteiger partial charge in [-0.15, -0.1) is 0 Å². The maximum atomic E-state index is 10.5. The maximum Gasteiger partial charge on any atom is 0.303 e. The van der Waals surface area contributed by atoms with Crippen LogP contribution in [0.3, 0.4) is 0 Å². The predicted molar refractivity (Wildman–Crippen MR) is 70.8 cm³/mol. The Kier molecular flexibility index (Phi) is 5.84. The van der Waals surface area contributed by atoms with Crippen molar-refractivity contribution in [3.8, 4) is 0 Å². The molecule has 17 heavy (non-hydrogen) atoms. The molecule has 4 heteroatoms. The Morgan fingerprint density at radius 1 is 1.35 bits per heavy atom. The van der Waals surface area contributed by atoms with Gasteiger partial charge in [-0.1, -0.05) is 30.7 Å².